The van der Waals surface area contributed by atoms with Crippen LogP contribution in [0.5, 0.6) is 5.75 Å². The third-order valence-corrected chi connectivity index (χ3v) is 6.25. The molecule has 0 aliphatic heterocycles. The fraction of sp³-hybridized carbons (Fsp3) is 0.520. The summed E-state index contributed by atoms with van der Waals surface area (Å²) in [5.74, 6) is -6.59. The number of carbonyl (C=O) groups excluding carboxylic acids is 5. The molecule has 0 heterocycles. The molecule has 0 aliphatic carbocycles. The molecule has 4 atom stereocenters. The number of hydrogen-bond donors (Lipinski definition) is 8. The summed E-state index contributed by atoms with van der Waals surface area (Å²) in [7, 11) is -4.78. The summed E-state index contributed by atoms with van der Waals surface area (Å²) in [4.78, 5) is 92.0. The number of carbonyl (C=O) groups is 6. The van der Waals surface area contributed by atoms with Crippen LogP contribution < -0.4 is 31.5 Å². The summed E-state index contributed by atoms with van der Waals surface area (Å²) in [6.45, 7) is 7.49. The molecular weight excluding hydrogens is 577 g/mol. The second-order valence-electron chi connectivity index (χ2n) is 10.2. The molecule has 9 N–H and O–H groups in total. The largest absolute Gasteiger partial charge is 0.524 e. The second-order valence-corrected chi connectivity index (χ2v) is 11.4. The number of nitrogens with one attached hydrogen (secondary N) is 4. The number of benzene rings is 1. The predicted molar refractivity (Wildman–Crippen MR) is 147 cm³/mol. The lowest BCUT2D eigenvalue weighted by molar-refractivity contribution is -0.143. The van der Waals surface area contributed by atoms with Crippen molar-refractivity contribution in [1.29, 1.82) is 0 Å². The molecule has 0 saturated carbocycles. The highest BCUT2D eigenvalue weighted by Crippen LogP contribution is 2.37. The average Bonchev–Trinajstić information content (AvgIpc) is 2.83. The van der Waals surface area contributed by atoms with E-state index in [2.05, 4.69) is 25.8 Å². The Kier molecular flexibility index (Phi) is 13.6. The average molecular weight is 616 g/mol. The molecule has 16 nitrogen and oxygen atoms in total. The van der Waals surface area contributed by atoms with Gasteiger partial charge in [0.25, 0.3) is 0 Å². The maximum atomic E-state index is 13.2. The highest BCUT2D eigenvalue weighted by atomic mass is 31.2. The van der Waals surface area contributed by atoms with E-state index < -0.39 is 85.8 Å². The molecule has 234 valence electrons. The van der Waals surface area contributed by atoms with E-state index in [4.69, 9.17) is 15.5 Å². The van der Waals surface area contributed by atoms with Gasteiger partial charge in [-0.15, -0.1) is 0 Å². The van der Waals surface area contributed by atoms with Crippen molar-refractivity contribution in [3.05, 3.63) is 29.8 Å². The lowest BCUT2D eigenvalue weighted by atomic mass is 10.00. The van der Waals surface area contributed by atoms with Gasteiger partial charge in [0.05, 0.1) is 6.42 Å². The van der Waals surface area contributed by atoms with Crippen LogP contribution in [-0.4, -0.2) is 74.6 Å². The Bertz CT molecular complexity index is 1200. The molecule has 0 aromatic heterocycles. The normalized spacial score (nSPS) is 14.2. The number of carboxylic acid groups (broad SMARTS) is 1. The maximum Gasteiger partial charge on any atom is 0.524 e. The topological polar surface area (TPSA) is 264 Å². The summed E-state index contributed by atoms with van der Waals surface area (Å²) in [5.41, 5.74) is 5.71. The minimum atomic E-state index is -4.78. The zero-order valence-corrected chi connectivity index (χ0v) is 24.7. The zero-order chi connectivity index (χ0) is 32.4. The van der Waals surface area contributed by atoms with Gasteiger partial charge < -0.3 is 36.6 Å². The monoisotopic (exact) mass is 615 g/mol. The third kappa shape index (κ3) is 12.7. The Balaban J connectivity index is 3.12. The van der Waals surface area contributed by atoms with Crippen LogP contribution in [0.2, 0.25) is 0 Å². The molecule has 42 heavy (non-hydrogen) atoms. The van der Waals surface area contributed by atoms with E-state index in [1.54, 1.807) is 27.7 Å². The van der Waals surface area contributed by atoms with Crippen molar-refractivity contribution in [2.24, 2.45) is 17.6 Å². The van der Waals surface area contributed by atoms with E-state index in [1.807, 2.05) is 0 Å². The van der Waals surface area contributed by atoms with Crippen LogP contribution in [0.15, 0.2) is 24.3 Å². The Morgan fingerprint density at radius 1 is 0.810 bits per heavy atom. The molecule has 0 unspecified atom stereocenters. The van der Waals surface area contributed by atoms with Crippen molar-refractivity contribution in [2.75, 3.05) is 0 Å². The summed E-state index contributed by atoms with van der Waals surface area (Å²) in [6.07, 6.45) is -0.719. The molecular formula is C25H38N5O11P. The molecule has 1 rings (SSSR count). The number of phosphoric acid groups is 1. The zero-order valence-electron chi connectivity index (χ0n) is 23.8. The summed E-state index contributed by atoms with van der Waals surface area (Å²) in [5, 5.41) is 19.0. The van der Waals surface area contributed by atoms with Gasteiger partial charge in [-0.2, -0.15) is 0 Å². The van der Waals surface area contributed by atoms with Crippen LogP contribution in [0, 0.1) is 11.8 Å². The number of rotatable bonds is 16. The third-order valence-electron chi connectivity index (χ3n) is 5.80. The summed E-state index contributed by atoms with van der Waals surface area (Å²) >= 11 is 0. The van der Waals surface area contributed by atoms with E-state index in [0.717, 1.165) is 0 Å². The fourth-order valence-electron chi connectivity index (χ4n) is 3.74. The van der Waals surface area contributed by atoms with Crippen molar-refractivity contribution in [1.82, 2.24) is 21.3 Å². The molecule has 5 amide bonds. The van der Waals surface area contributed by atoms with Gasteiger partial charge >= 0.3 is 13.8 Å². The quantitative estimate of drug-likeness (QED) is 0.104. The van der Waals surface area contributed by atoms with Crippen LogP contribution in [0.25, 0.3) is 0 Å². The number of amides is 5. The molecule has 0 saturated heterocycles. The first-order chi connectivity index (χ1) is 19.3. The minimum absolute atomic E-state index is 0.0769. The molecule has 1 aromatic carbocycles. The van der Waals surface area contributed by atoms with Gasteiger partial charge in [-0.3, -0.25) is 33.8 Å². The predicted octanol–water partition coefficient (Wildman–Crippen LogP) is -1.07. The first-order valence-corrected chi connectivity index (χ1v) is 14.4. The molecule has 0 fully saturated rings. The number of nitrogens with two attached hydrogens (primary N) is 1. The van der Waals surface area contributed by atoms with Gasteiger partial charge in [0.1, 0.15) is 29.9 Å². The Morgan fingerprint density at radius 2 is 1.31 bits per heavy atom. The number of aliphatic carboxylic acids is 1. The molecule has 17 heteroatoms. The molecule has 0 aliphatic rings. The van der Waals surface area contributed by atoms with Crippen molar-refractivity contribution in [3.8, 4) is 5.75 Å². The number of phosphoric ester groups is 1. The van der Waals surface area contributed by atoms with E-state index in [0.29, 0.717) is 5.56 Å². The Hall–Kier alpha value is -4.01. The van der Waals surface area contributed by atoms with E-state index in [1.165, 1.54) is 31.2 Å². The van der Waals surface area contributed by atoms with Crippen LogP contribution >= 0.6 is 7.82 Å². The molecule has 0 radical (unpaired) electrons. The van der Waals surface area contributed by atoms with Crippen LogP contribution in [0.3, 0.4) is 0 Å². The number of carboxylic acids is 1. The van der Waals surface area contributed by atoms with Crippen LogP contribution in [-0.2, 0) is 39.8 Å². The lowest BCUT2D eigenvalue weighted by Crippen LogP contribution is -2.60. The van der Waals surface area contributed by atoms with Crippen LogP contribution in [0.1, 0.15) is 46.6 Å². The van der Waals surface area contributed by atoms with Crippen molar-refractivity contribution < 1.29 is 52.7 Å². The van der Waals surface area contributed by atoms with Gasteiger partial charge in [0.2, 0.25) is 29.5 Å². The highest BCUT2D eigenvalue weighted by Gasteiger charge is 2.34. The number of hydrogen-bond acceptors (Lipinski definition) is 8. The Labute approximate surface area is 242 Å². The van der Waals surface area contributed by atoms with Gasteiger partial charge in [-0.25, -0.2) is 9.36 Å². The first-order valence-electron chi connectivity index (χ1n) is 12.8. The van der Waals surface area contributed by atoms with Gasteiger partial charge in [0, 0.05) is 13.3 Å². The fourth-order valence-corrected chi connectivity index (χ4v) is 4.14. The smallest absolute Gasteiger partial charge is 0.480 e. The Morgan fingerprint density at radius 3 is 1.74 bits per heavy atom. The summed E-state index contributed by atoms with van der Waals surface area (Å²) in [6, 6.07) is 0.102. The summed E-state index contributed by atoms with van der Waals surface area (Å²) < 4.78 is 15.5. The maximum absolute atomic E-state index is 13.2. The SMILES string of the molecule is CC(=O)N[C@@H](Cc1ccc(OP(=O)(O)O)cc1)C(=O)N[C@H](C(=O)N[C@@H](CC(N)=O)C(=O)N[C@H](C(=O)O)C(C)C)C(C)C. The van der Waals surface area contributed by atoms with Gasteiger partial charge in [-0.05, 0) is 29.5 Å². The molecule has 1 aromatic rings. The standard InChI is InChI=1S/C25H38N5O11P/c1-12(2)20(24(35)28-18(11-19(26)32)23(34)30-21(13(3)4)25(36)37)29-22(33)17(27-14(5)31)10-15-6-8-16(9-7-15)41-42(38,39)40/h6-9,12-13,17-18,20-21H,10-11H2,1-5H3,(H2,26,32)(H,27,31)(H,28,35)(H,29,33)(H,30,34)(H,36,37)(H2,38,39,40)/t17-,18-,20-,21-/m0/s1. The van der Waals surface area contributed by atoms with E-state index >= 15 is 0 Å². The van der Waals surface area contributed by atoms with Crippen molar-refractivity contribution in [3.63, 3.8) is 0 Å². The molecule has 0 bridgehead atoms. The van der Waals surface area contributed by atoms with E-state index in [-0.39, 0.29) is 12.2 Å². The van der Waals surface area contributed by atoms with Crippen molar-refractivity contribution in [2.45, 2.75) is 71.6 Å². The minimum Gasteiger partial charge on any atom is -0.480 e. The first kappa shape index (κ1) is 36.0. The van der Waals surface area contributed by atoms with Gasteiger partial charge in [-0.1, -0.05) is 39.8 Å². The highest BCUT2D eigenvalue weighted by molar-refractivity contribution is 7.46. The number of primary amides is 1. The second kappa shape index (κ2) is 15.8. The molecule has 0 spiro atoms. The van der Waals surface area contributed by atoms with E-state index in [9.17, 15) is 38.4 Å². The lowest BCUT2D eigenvalue weighted by Gasteiger charge is -2.28. The van der Waals surface area contributed by atoms with Crippen LogP contribution in [0.4, 0.5) is 0 Å². The van der Waals surface area contributed by atoms with Crippen molar-refractivity contribution >= 4 is 43.3 Å². The van der Waals surface area contributed by atoms with Gasteiger partial charge in [0.15, 0.2) is 0 Å².